The predicted octanol–water partition coefficient (Wildman–Crippen LogP) is 5.23. The molecule has 3 heteroatoms. The van der Waals surface area contributed by atoms with E-state index in [1.807, 2.05) is 54.6 Å². The number of hydrogen-bond donors (Lipinski definition) is 0. The van der Waals surface area contributed by atoms with Crippen LogP contribution in [-0.4, -0.2) is 11.3 Å². The number of carbonyl (C=O) groups excluding carboxylic acids is 1. The summed E-state index contributed by atoms with van der Waals surface area (Å²) in [6.45, 7) is 4.39. The molecule has 0 atom stereocenters. The van der Waals surface area contributed by atoms with Crippen molar-refractivity contribution in [3.8, 4) is 16.9 Å². The van der Waals surface area contributed by atoms with Crippen molar-refractivity contribution in [1.29, 1.82) is 0 Å². The van der Waals surface area contributed by atoms with Crippen LogP contribution in [0.5, 0.6) is 5.75 Å². The molecule has 0 fully saturated rings. The average molecular weight is 345 g/mol. The van der Waals surface area contributed by atoms with Crippen LogP contribution >= 0.6 is 15.9 Å². The van der Waals surface area contributed by atoms with Gasteiger partial charge in [0.2, 0.25) is 4.69 Å². The summed E-state index contributed by atoms with van der Waals surface area (Å²) in [5, 5.41) is 0. The lowest BCUT2D eigenvalue weighted by Gasteiger charge is -2.07. The van der Waals surface area contributed by atoms with E-state index < -0.39 is 0 Å². The summed E-state index contributed by atoms with van der Waals surface area (Å²) in [6.07, 6.45) is 3.85. The van der Waals surface area contributed by atoms with E-state index in [1.54, 1.807) is 0 Å². The number of ether oxygens (including phenoxy) is 1. The number of rotatable bonds is 7. The third-order valence-corrected chi connectivity index (χ3v) is 3.58. The number of hydrogen-bond acceptors (Lipinski definition) is 2. The third kappa shape index (κ3) is 4.57. The fourth-order valence-electron chi connectivity index (χ4n) is 1.96. The number of allylic oxidation sites excluding steroid dienone is 1. The van der Waals surface area contributed by atoms with Gasteiger partial charge in [0.05, 0.1) is 6.61 Å². The highest BCUT2D eigenvalue weighted by molar-refractivity contribution is 9.18. The molecular weight excluding hydrogens is 328 g/mol. The highest BCUT2D eigenvalue weighted by Gasteiger charge is 2.02. The van der Waals surface area contributed by atoms with E-state index in [-0.39, 0.29) is 4.69 Å². The van der Waals surface area contributed by atoms with Gasteiger partial charge in [0.25, 0.3) is 0 Å². The van der Waals surface area contributed by atoms with Gasteiger partial charge in [0, 0.05) is 5.56 Å². The first-order valence-electron chi connectivity index (χ1n) is 6.85. The fraction of sp³-hybridized carbons (Fsp3) is 0.167. The Bertz CT molecular complexity index is 600. The van der Waals surface area contributed by atoms with E-state index in [9.17, 15) is 4.79 Å². The Morgan fingerprint density at radius 1 is 1.05 bits per heavy atom. The van der Waals surface area contributed by atoms with Crippen LogP contribution < -0.4 is 4.74 Å². The molecule has 2 nitrogen and oxygen atoms in total. The monoisotopic (exact) mass is 344 g/mol. The van der Waals surface area contributed by atoms with Gasteiger partial charge < -0.3 is 4.74 Å². The molecule has 0 aliphatic heterocycles. The SMILES string of the molecule is C=CCCCOc1ccc(-c2ccc(C(=O)Br)cc2)cc1. The number of unbranched alkanes of at least 4 members (excludes halogenated alkanes) is 1. The zero-order valence-corrected chi connectivity index (χ0v) is 13.3. The van der Waals surface area contributed by atoms with Crippen LogP contribution in [0.2, 0.25) is 0 Å². The van der Waals surface area contributed by atoms with E-state index in [0.29, 0.717) is 12.2 Å². The molecule has 2 aromatic carbocycles. The Labute approximate surface area is 133 Å². The molecule has 0 spiro atoms. The Hall–Kier alpha value is -1.87. The second-order valence-corrected chi connectivity index (χ2v) is 5.38. The molecule has 0 aliphatic rings. The fourth-order valence-corrected chi connectivity index (χ4v) is 2.22. The Morgan fingerprint density at radius 3 is 2.14 bits per heavy atom. The van der Waals surface area contributed by atoms with Gasteiger partial charge in [-0.1, -0.05) is 30.3 Å². The molecular formula is C18H17BrO2. The quantitative estimate of drug-likeness (QED) is 0.390. The minimum Gasteiger partial charge on any atom is -0.494 e. The summed E-state index contributed by atoms with van der Waals surface area (Å²) in [4.78, 5) is 11.2. The van der Waals surface area contributed by atoms with Crippen molar-refractivity contribution in [3.05, 3.63) is 66.7 Å². The predicted molar refractivity (Wildman–Crippen MR) is 90.1 cm³/mol. The lowest BCUT2D eigenvalue weighted by molar-refractivity contribution is 0.109. The molecule has 0 heterocycles. The van der Waals surface area contributed by atoms with Gasteiger partial charge >= 0.3 is 0 Å². The van der Waals surface area contributed by atoms with Crippen LogP contribution in [0.25, 0.3) is 11.1 Å². The largest absolute Gasteiger partial charge is 0.494 e. The van der Waals surface area contributed by atoms with Crippen molar-refractivity contribution < 1.29 is 9.53 Å². The molecule has 0 aromatic heterocycles. The summed E-state index contributed by atoms with van der Waals surface area (Å²) in [5.41, 5.74) is 2.83. The first-order valence-corrected chi connectivity index (χ1v) is 7.64. The smallest absolute Gasteiger partial charge is 0.228 e. The summed E-state index contributed by atoms with van der Waals surface area (Å²) in [5.74, 6) is 0.870. The Kier molecular flexibility index (Phi) is 5.76. The van der Waals surface area contributed by atoms with Crippen molar-refractivity contribution in [2.24, 2.45) is 0 Å². The van der Waals surface area contributed by atoms with Crippen LogP contribution in [0.4, 0.5) is 0 Å². The average Bonchev–Trinajstić information content (AvgIpc) is 2.52. The zero-order chi connectivity index (χ0) is 15.1. The van der Waals surface area contributed by atoms with Crippen molar-refractivity contribution >= 4 is 20.6 Å². The lowest BCUT2D eigenvalue weighted by Crippen LogP contribution is -1.96. The molecule has 0 unspecified atom stereocenters. The van der Waals surface area contributed by atoms with E-state index >= 15 is 0 Å². The minimum atomic E-state index is -0.0997. The van der Waals surface area contributed by atoms with Gasteiger partial charge in [0.1, 0.15) is 5.75 Å². The second kappa shape index (κ2) is 7.79. The summed E-state index contributed by atoms with van der Waals surface area (Å²) in [6, 6.07) is 15.5. The lowest BCUT2D eigenvalue weighted by atomic mass is 10.0. The normalized spacial score (nSPS) is 10.1. The van der Waals surface area contributed by atoms with Gasteiger partial charge in [-0.3, -0.25) is 4.79 Å². The van der Waals surface area contributed by atoms with Crippen LogP contribution in [-0.2, 0) is 0 Å². The maximum Gasteiger partial charge on any atom is 0.228 e. The van der Waals surface area contributed by atoms with Gasteiger partial charge in [0.15, 0.2) is 0 Å². The van der Waals surface area contributed by atoms with Gasteiger partial charge in [-0.15, -0.1) is 6.58 Å². The summed E-state index contributed by atoms with van der Waals surface area (Å²) < 4.78 is 5.55. The van der Waals surface area contributed by atoms with Crippen molar-refractivity contribution in [2.45, 2.75) is 12.8 Å². The first kappa shape index (κ1) is 15.5. The zero-order valence-electron chi connectivity index (χ0n) is 11.7. The topological polar surface area (TPSA) is 26.3 Å². The van der Waals surface area contributed by atoms with E-state index in [2.05, 4.69) is 22.5 Å². The molecule has 0 bridgehead atoms. The van der Waals surface area contributed by atoms with Crippen LogP contribution in [0.3, 0.4) is 0 Å². The molecule has 0 amide bonds. The van der Waals surface area contributed by atoms with Gasteiger partial charge in [-0.05, 0) is 64.2 Å². The summed E-state index contributed by atoms with van der Waals surface area (Å²) in [7, 11) is 0. The number of halogens is 1. The van der Waals surface area contributed by atoms with Crippen LogP contribution in [0.15, 0.2) is 61.2 Å². The van der Waals surface area contributed by atoms with Crippen molar-refractivity contribution in [3.63, 3.8) is 0 Å². The number of carbonyl (C=O) groups is 1. The van der Waals surface area contributed by atoms with Gasteiger partial charge in [-0.2, -0.15) is 0 Å². The second-order valence-electron chi connectivity index (χ2n) is 4.65. The van der Waals surface area contributed by atoms with Crippen LogP contribution in [0, 0.1) is 0 Å². The molecule has 0 saturated heterocycles. The molecule has 0 saturated carbocycles. The van der Waals surface area contributed by atoms with Crippen molar-refractivity contribution in [2.75, 3.05) is 6.61 Å². The molecule has 108 valence electrons. The van der Waals surface area contributed by atoms with Crippen LogP contribution in [0.1, 0.15) is 23.2 Å². The maximum absolute atomic E-state index is 11.2. The first-order chi connectivity index (χ1) is 10.2. The molecule has 0 radical (unpaired) electrons. The molecule has 2 aromatic rings. The molecule has 0 N–H and O–H groups in total. The third-order valence-electron chi connectivity index (χ3n) is 3.12. The Morgan fingerprint density at radius 2 is 1.62 bits per heavy atom. The van der Waals surface area contributed by atoms with E-state index in [1.165, 1.54) is 0 Å². The van der Waals surface area contributed by atoms with Crippen molar-refractivity contribution in [1.82, 2.24) is 0 Å². The highest BCUT2D eigenvalue weighted by atomic mass is 79.9. The number of benzene rings is 2. The van der Waals surface area contributed by atoms with Gasteiger partial charge in [-0.25, -0.2) is 0 Å². The van der Waals surface area contributed by atoms with E-state index in [0.717, 1.165) is 29.7 Å². The Balaban J connectivity index is 2.01. The standard InChI is InChI=1S/C18H17BrO2/c1-2-3-4-13-21-17-11-9-15(10-12-17)14-5-7-16(8-6-14)18(19)20/h2,5-12H,1,3-4,13H2. The highest BCUT2D eigenvalue weighted by Crippen LogP contribution is 2.23. The molecule has 2 rings (SSSR count). The van der Waals surface area contributed by atoms with E-state index in [4.69, 9.17) is 4.74 Å². The maximum atomic E-state index is 11.2. The molecule has 21 heavy (non-hydrogen) atoms. The summed E-state index contributed by atoms with van der Waals surface area (Å²) >= 11 is 2.95. The minimum absolute atomic E-state index is 0.0997. The molecule has 0 aliphatic carbocycles.